The number of carbonyl (C=O) groups excluding carboxylic acids is 1. The molecule has 0 bridgehead atoms. The maximum Gasteiger partial charge on any atom is 0.416 e. The molecular weight excluding hydrogens is 379 g/mol. The number of nitrogens with one attached hydrogen (secondary N) is 1. The van der Waals surface area contributed by atoms with E-state index in [9.17, 15) is 18.0 Å². The molecular formula is C17H20F3N5OS. The van der Waals surface area contributed by atoms with Gasteiger partial charge in [-0.05, 0) is 37.1 Å². The van der Waals surface area contributed by atoms with Crippen molar-refractivity contribution in [3.8, 4) is 0 Å². The van der Waals surface area contributed by atoms with Crippen molar-refractivity contribution in [1.29, 1.82) is 0 Å². The van der Waals surface area contributed by atoms with Gasteiger partial charge < -0.3 is 11.2 Å². The molecule has 0 spiro atoms. The number of hydrogen-bond acceptors (Lipinski definition) is 5. The zero-order valence-corrected chi connectivity index (χ0v) is 15.3. The number of rotatable bonds is 5. The highest BCUT2D eigenvalue weighted by Gasteiger charge is 2.30. The number of halogens is 3. The summed E-state index contributed by atoms with van der Waals surface area (Å²) in [5.74, 6) is 6.77. The van der Waals surface area contributed by atoms with E-state index in [4.69, 9.17) is 5.84 Å². The third-order valence-electron chi connectivity index (χ3n) is 4.49. The number of hydrogen-bond donors (Lipinski definition) is 2. The van der Waals surface area contributed by atoms with Gasteiger partial charge in [0.1, 0.15) is 0 Å². The second-order valence-corrected chi connectivity index (χ2v) is 7.40. The number of nitrogens with two attached hydrogens (primary N) is 1. The summed E-state index contributed by atoms with van der Waals surface area (Å²) < 4.78 is 39.1. The maximum absolute atomic E-state index is 12.5. The summed E-state index contributed by atoms with van der Waals surface area (Å²) in [6, 6.07) is 4.29. The van der Waals surface area contributed by atoms with Gasteiger partial charge in [0, 0.05) is 11.6 Å². The first-order chi connectivity index (χ1) is 12.8. The van der Waals surface area contributed by atoms with Crippen molar-refractivity contribution in [2.24, 2.45) is 0 Å². The largest absolute Gasteiger partial charge is 0.416 e. The molecule has 6 nitrogen and oxygen atoms in total. The van der Waals surface area contributed by atoms with Gasteiger partial charge in [0.15, 0.2) is 5.82 Å². The molecule has 146 valence electrons. The Morgan fingerprint density at radius 3 is 2.48 bits per heavy atom. The van der Waals surface area contributed by atoms with Crippen molar-refractivity contribution in [2.75, 3.05) is 16.9 Å². The highest BCUT2D eigenvalue weighted by Crippen LogP contribution is 2.32. The monoisotopic (exact) mass is 399 g/mol. The van der Waals surface area contributed by atoms with Crippen LogP contribution in [0.3, 0.4) is 0 Å². The Balaban J connectivity index is 1.54. The predicted octanol–water partition coefficient (Wildman–Crippen LogP) is 3.79. The van der Waals surface area contributed by atoms with E-state index in [1.165, 1.54) is 23.2 Å². The van der Waals surface area contributed by atoms with Crippen LogP contribution in [-0.2, 0) is 11.0 Å². The van der Waals surface area contributed by atoms with Crippen molar-refractivity contribution in [1.82, 2.24) is 14.9 Å². The van der Waals surface area contributed by atoms with Crippen LogP contribution in [0.25, 0.3) is 0 Å². The quantitative estimate of drug-likeness (QED) is 0.590. The fourth-order valence-electron chi connectivity index (χ4n) is 3.10. The van der Waals surface area contributed by atoms with Gasteiger partial charge in [0.25, 0.3) is 0 Å². The molecule has 0 saturated heterocycles. The summed E-state index contributed by atoms with van der Waals surface area (Å²) in [5.41, 5.74) is -0.466. The second kappa shape index (κ2) is 8.20. The maximum atomic E-state index is 12.5. The Morgan fingerprint density at radius 1 is 1.19 bits per heavy atom. The number of carbonyl (C=O) groups is 1. The topological polar surface area (TPSA) is 85.8 Å². The molecule has 2 aromatic rings. The molecule has 1 saturated carbocycles. The molecule has 10 heteroatoms. The summed E-state index contributed by atoms with van der Waals surface area (Å²) in [5, 5.41) is 11.2. The molecule has 0 radical (unpaired) electrons. The number of thioether (sulfide) groups is 1. The van der Waals surface area contributed by atoms with E-state index in [1.54, 1.807) is 0 Å². The van der Waals surface area contributed by atoms with E-state index in [0.717, 1.165) is 55.4 Å². The number of alkyl halides is 3. The highest BCUT2D eigenvalue weighted by molar-refractivity contribution is 7.99. The standard InChI is InChI=1S/C17H20F3N5OS/c18-17(19,20)12-6-8-13(9-7-12)22-14(26)10-27-16-24-23-15(25(16)21)11-4-2-1-3-5-11/h6-9,11H,1-5,10,21H2,(H,22,26). The van der Waals surface area contributed by atoms with E-state index < -0.39 is 11.7 Å². The minimum atomic E-state index is -4.40. The van der Waals surface area contributed by atoms with Gasteiger partial charge in [-0.3, -0.25) is 4.79 Å². The Hall–Kier alpha value is -2.23. The smallest absolute Gasteiger partial charge is 0.336 e. The van der Waals surface area contributed by atoms with Crippen molar-refractivity contribution < 1.29 is 18.0 Å². The number of benzene rings is 1. The average Bonchev–Trinajstić information content (AvgIpc) is 3.01. The zero-order chi connectivity index (χ0) is 19.4. The normalized spacial score (nSPS) is 15.7. The van der Waals surface area contributed by atoms with Gasteiger partial charge in [0.2, 0.25) is 11.1 Å². The molecule has 3 rings (SSSR count). The number of aromatic nitrogens is 3. The van der Waals surface area contributed by atoms with Crippen LogP contribution in [0.1, 0.15) is 49.4 Å². The van der Waals surface area contributed by atoms with Gasteiger partial charge in [-0.2, -0.15) is 13.2 Å². The van der Waals surface area contributed by atoms with Crippen molar-refractivity contribution >= 4 is 23.4 Å². The average molecular weight is 399 g/mol. The van der Waals surface area contributed by atoms with Gasteiger partial charge in [-0.15, -0.1) is 10.2 Å². The van der Waals surface area contributed by atoms with Crippen LogP contribution in [0.5, 0.6) is 0 Å². The molecule has 1 aliphatic rings. The summed E-state index contributed by atoms with van der Waals surface area (Å²) in [6.07, 6.45) is 1.19. The molecule has 1 fully saturated rings. The predicted molar refractivity (Wildman–Crippen MR) is 96.8 cm³/mol. The van der Waals surface area contributed by atoms with E-state index in [1.807, 2.05) is 0 Å². The molecule has 0 unspecified atom stereocenters. The Bertz CT molecular complexity index is 785. The lowest BCUT2D eigenvalue weighted by Crippen LogP contribution is -2.19. The van der Waals surface area contributed by atoms with Gasteiger partial charge in [-0.25, -0.2) is 4.68 Å². The first kappa shape index (κ1) is 19.5. The fourth-order valence-corrected chi connectivity index (χ4v) is 3.76. The van der Waals surface area contributed by atoms with E-state index >= 15 is 0 Å². The summed E-state index contributed by atoms with van der Waals surface area (Å²) in [6.45, 7) is 0. The van der Waals surface area contributed by atoms with Crippen LogP contribution in [0, 0.1) is 0 Å². The number of nitrogen functional groups attached to an aromatic ring is 1. The van der Waals surface area contributed by atoms with Gasteiger partial charge >= 0.3 is 6.18 Å². The Kier molecular flexibility index (Phi) is 5.93. The molecule has 0 aliphatic heterocycles. The summed E-state index contributed by atoms with van der Waals surface area (Å²) >= 11 is 1.14. The van der Waals surface area contributed by atoms with Crippen molar-refractivity contribution in [2.45, 2.75) is 49.4 Å². The van der Waals surface area contributed by atoms with Crippen LogP contribution in [-0.4, -0.2) is 26.5 Å². The molecule has 1 aromatic carbocycles. The summed E-state index contributed by atoms with van der Waals surface area (Å²) in [7, 11) is 0. The van der Waals surface area contributed by atoms with E-state index in [-0.39, 0.29) is 11.7 Å². The zero-order valence-electron chi connectivity index (χ0n) is 14.5. The number of amides is 1. The highest BCUT2D eigenvalue weighted by atomic mass is 32.2. The van der Waals surface area contributed by atoms with Crippen LogP contribution in [0.15, 0.2) is 29.4 Å². The minimum absolute atomic E-state index is 0.0288. The van der Waals surface area contributed by atoms with Gasteiger partial charge in [0.05, 0.1) is 11.3 Å². The van der Waals surface area contributed by atoms with Crippen LogP contribution >= 0.6 is 11.8 Å². The molecule has 1 amide bonds. The lowest BCUT2D eigenvalue weighted by Gasteiger charge is -2.20. The van der Waals surface area contributed by atoms with Crippen LogP contribution in [0.4, 0.5) is 18.9 Å². The Labute approximate surface area is 158 Å². The number of anilines is 1. The second-order valence-electron chi connectivity index (χ2n) is 6.46. The fraction of sp³-hybridized carbons (Fsp3) is 0.471. The number of nitrogens with zero attached hydrogens (tertiary/aromatic N) is 3. The first-order valence-corrected chi connectivity index (χ1v) is 9.63. The van der Waals surface area contributed by atoms with Crippen LogP contribution < -0.4 is 11.2 Å². The minimum Gasteiger partial charge on any atom is -0.336 e. The first-order valence-electron chi connectivity index (χ1n) is 8.65. The molecule has 0 atom stereocenters. The van der Waals surface area contributed by atoms with E-state index in [0.29, 0.717) is 16.8 Å². The van der Waals surface area contributed by atoms with Crippen molar-refractivity contribution in [3.63, 3.8) is 0 Å². The summed E-state index contributed by atoms with van der Waals surface area (Å²) in [4.78, 5) is 12.0. The van der Waals surface area contributed by atoms with Gasteiger partial charge in [-0.1, -0.05) is 31.0 Å². The molecule has 1 aliphatic carbocycles. The molecule has 1 aromatic heterocycles. The van der Waals surface area contributed by atoms with Crippen molar-refractivity contribution in [3.05, 3.63) is 35.7 Å². The van der Waals surface area contributed by atoms with Crippen LogP contribution in [0.2, 0.25) is 0 Å². The molecule has 27 heavy (non-hydrogen) atoms. The third kappa shape index (κ3) is 4.94. The molecule has 3 N–H and O–H groups in total. The lowest BCUT2D eigenvalue weighted by atomic mass is 9.89. The SMILES string of the molecule is Nn1c(SCC(=O)Nc2ccc(C(F)(F)F)cc2)nnc1C1CCCCC1. The molecule has 1 heterocycles. The Morgan fingerprint density at radius 2 is 1.85 bits per heavy atom. The third-order valence-corrected chi connectivity index (χ3v) is 5.43. The van der Waals surface area contributed by atoms with E-state index in [2.05, 4.69) is 15.5 Å². The lowest BCUT2D eigenvalue weighted by molar-refractivity contribution is -0.137.